The summed E-state index contributed by atoms with van der Waals surface area (Å²) >= 11 is 0. The maximum Gasteiger partial charge on any atom is 0.251 e. The molecule has 1 aliphatic heterocycles. The van der Waals surface area contributed by atoms with E-state index in [0.29, 0.717) is 18.0 Å². The number of nitrogens with one attached hydrogen (secondary N) is 2. The summed E-state index contributed by atoms with van der Waals surface area (Å²) in [5.41, 5.74) is 1.16. The molecule has 0 aromatic heterocycles. The van der Waals surface area contributed by atoms with Gasteiger partial charge in [-0.05, 0) is 62.5 Å². The van der Waals surface area contributed by atoms with Gasteiger partial charge < -0.3 is 10.6 Å². The van der Waals surface area contributed by atoms with E-state index in [9.17, 15) is 9.18 Å². The van der Waals surface area contributed by atoms with Crippen LogP contribution in [-0.2, 0) is 0 Å². The van der Waals surface area contributed by atoms with Crippen molar-refractivity contribution < 1.29 is 9.18 Å². The molecule has 0 radical (unpaired) electrons. The van der Waals surface area contributed by atoms with Crippen LogP contribution in [0.4, 0.5) is 4.39 Å². The Kier molecular flexibility index (Phi) is 4.31. The van der Waals surface area contributed by atoms with Crippen LogP contribution in [0.2, 0.25) is 0 Å². The van der Waals surface area contributed by atoms with E-state index >= 15 is 0 Å². The predicted octanol–water partition coefficient (Wildman–Crippen LogP) is 1.86. The number of benzene rings is 1. The second kappa shape index (κ2) is 5.96. The molecular weight excluding hydrogens is 231 g/mol. The van der Waals surface area contributed by atoms with E-state index in [1.807, 2.05) is 0 Å². The zero-order chi connectivity index (χ0) is 13.0. The van der Waals surface area contributed by atoms with Crippen LogP contribution in [0.25, 0.3) is 0 Å². The molecule has 1 fully saturated rings. The molecule has 3 nitrogen and oxygen atoms in total. The molecule has 98 valence electrons. The number of hydrogen-bond donors (Lipinski definition) is 2. The van der Waals surface area contributed by atoms with Gasteiger partial charge in [0, 0.05) is 12.1 Å². The molecule has 2 rings (SSSR count). The second-order valence-electron chi connectivity index (χ2n) is 4.94. The van der Waals surface area contributed by atoms with Crippen molar-refractivity contribution in [1.29, 1.82) is 0 Å². The molecule has 2 N–H and O–H groups in total. The first-order valence-electron chi connectivity index (χ1n) is 6.41. The molecule has 4 heteroatoms. The molecule has 1 heterocycles. The Morgan fingerprint density at radius 3 is 3.00 bits per heavy atom. The van der Waals surface area contributed by atoms with Crippen LogP contribution in [0.5, 0.6) is 0 Å². The van der Waals surface area contributed by atoms with Crippen LogP contribution >= 0.6 is 0 Å². The molecule has 18 heavy (non-hydrogen) atoms. The highest BCUT2D eigenvalue weighted by Gasteiger charge is 2.14. The van der Waals surface area contributed by atoms with Gasteiger partial charge in [0.1, 0.15) is 5.82 Å². The first-order valence-corrected chi connectivity index (χ1v) is 6.41. The van der Waals surface area contributed by atoms with Gasteiger partial charge in [-0.15, -0.1) is 0 Å². The lowest BCUT2D eigenvalue weighted by Gasteiger charge is -2.22. The second-order valence-corrected chi connectivity index (χ2v) is 4.94. The number of amides is 1. The average Bonchev–Trinajstić information content (AvgIpc) is 2.36. The standard InChI is InChI=1S/C14H19FN2O/c1-10-5-12(7-13(15)6-10)14(18)17-9-11-3-2-4-16-8-11/h5-7,11,16H,2-4,8-9H2,1H3,(H,17,18). The fraction of sp³-hybridized carbons (Fsp3) is 0.500. The normalized spacial score (nSPS) is 19.6. The van der Waals surface area contributed by atoms with E-state index in [1.54, 1.807) is 13.0 Å². The highest BCUT2D eigenvalue weighted by molar-refractivity contribution is 5.94. The summed E-state index contributed by atoms with van der Waals surface area (Å²) in [6.07, 6.45) is 2.29. The number of carbonyl (C=O) groups excluding carboxylic acids is 1. The van der Waals surface area contributed by atoms with Crippen molar-refractivity contribution >= 4 is 5.91 Å². The van der Waals surface area contributed by atoms with Gasteiger partial charge in [-0.3, -0.25) is 4.79 Å². The largest absolute Gasteiger partial charge is 0.352 e. The number of halogens is 1. The van der Waals surface area contributed by atoms with Crippen molar-refractivity contribution in [2.24, 2.45) is 5.92 Å². The topological polar surface area (TPSA) is 41.1 Å². The highest BCUT2D eigenvalue weighted by Crippen LogP contribution is 2.10. The maximum atomic E-state index is 13.2. The molecule has 1 saturated heterocycles. The highest BCUT2D eigenvalue weighted by atomic mass is 19.1. The van der Waals surface area contributed by atoms with Crippen LogP contribution < -0.4 is 10.6 Å². The molecule has 1 aliphatic rings. The summed E-state index contributed by atoms with van der Waals surface area (Å²) in [5, 5.41) is 6.18. The minimum absolute atomic E-state index is 0.192. The first kappa shape index (κ1) is 13.0. The van der Waals surface area contributed by atoms with Gasteiger partial charge in [-0.25, -0.2) is 4.39 Å². The average molecular weight is 250 g/mol. The Morgan fingerprint density at radius 2 is 2.33 bits per heavy atom. The first-order chi connectivity index (χ1) is 8.65. The molecule has 1 aromatic carbocycles. The number of rotatable bonds is 3. The van der Waals surface area contributed by atoms with Crippen molar-refractivity contribution in [2.75, 3.05) is 19.6 Å². The van der Waals surface area contributed by atoms with Crippen molar-refractivity contribution in [3.05, 3.63) is 35.1 Å². The smallest absolute Gasteiger partial charge is 0.251 e. The molecular formula is C14H19FN2O. The van der Waals surface area contributed by atoms with Crippen molar-refractivity contribution in [1.82, 2.24) is 10.6 Å². The van der Waals surface area contributed by atoms with Gasteiger partial charge in [-0.1, -0.05) is 0 Å². The number of carbonyl (C=O) groups is 1. The molecule has 1 unspecified atom stereocenters. The Labute approximate surface area is 107 Å². The van der Waals surface area contributed by atoms with E-state index in [4.69, 9.17) is 0 Å². The summed E-state index contributed by atoms with van der Waals surface area (Å²) in [6, 6.07) is 4.40. The minimum Gasteiger partial charge on any atom is -0.352 e. The summed E-state index contributed by atoms with van der Waals surface area (Å²) < 4.78 is 13.2. The van der Waals surface area contributed by atoms with Crippen molar-refractivity contribution in [2.45, 2.75) is 19.8 Å². The Morgan fingerprint density at radius 1 is 1.50 bits per heavy atom. The van der Waals surface area contributed by atoms with Crippen LogP contribution in [0.3, 0.4) is 0 Å². The van der Waals surface area contributed by atoms with E-state index in [-0.39, 0.29) is 11.7 Å². The summed E-state index contributed by atoms with van der Waals surface area (Å²) in [4.78, 5) is 11.9. The van der Waals surface area contributed by atoms with Gasteiger partial charge in [0.25, 0.3) is 5.91 Å². The Bertz CT molecular complexity index is 408. The Hall–Kier alpha value is -1.42. The molecule has 0 aliphatic carbocycles. The molecule has 0 saturated carbocycles. The monoisotopic (exact) mass is 250 g/mol. The summed E-state index contributed by atoms with van der Waals surface area (Å²) in [7, 11) is 0. The van der Waals surface area contributed by atoms with Gasteiger partial charge in [0.05, 0.1) is 0 Å². The summed E-state index contributed by atoms with van der Waals surface area (Å²) in [6.45, 7) is 4.45. The van der Waals surface area contributed by atoms with E-state index in [1.165, 1.54) is 12.1 Å². The van der Waals surface area contributed by atoms with Crippen molar-refractivity contribution in [3.8, 4) is 0 Å². The lowest BCUT2D eigenvalue weighted by Crippen LogP contribution is -2.38. The lowest BCUT2D eigenvalue weighted by atomic mass is 9.99. The molecule has 0 bridgehead atoms. The van der Waals surface area contributed by atoms with Crippen LogP contribution in [0.1, 0.15) is 28.8 Å². The zero-order valence-corrected chi connectivity index (χ0v) is 10.6. The van der Waals surface area contributed by atoms with Crippen LogP contribution in [0.15, 0.2) is 18.2 Å². The van der Waals surface area contributed by atoms with E-state index in [0.717, 1.165) is 31.5 Å². The Balaban J connectivity index is 1.90. The third-order valence-corrected chi connectivity index (χ3v) is 3.25. The van der Waals surface area contributed by atoms with Gasteiger partial charge in [-0.2, -0.15) is 0 Å². The van der Waals surface area contributed by atoms with Crippen LogP contribution in [-0.4, -0.2) is 25.5 Å². The zero-order valence-electron chi connectivity index (χ0n) is 10.6. The fourth-order valence-electron chi connectivity index (χ4n) is 2.30. The van der Waals surface area contributed by atoms with Gasteiger partial charge >= 0.3 is 0 Å². The molecule has 1 amide bonds. The third-order valence-electron chi connectivity index (χ3n) is 3.25. The molecule has 1 aromatic rings. The van der Waals surface area contributed by atoms with Gasteiger partial charge in [0.15, 0.2) is 0 Å². The molecule has 1 atom stereocenters. The van der Waals surface area contributed by atoms with Gasteiger partial charge in [0.2, 0.25) is 0 Å². The molecule has 0 spiro atoms. The maximum absolute atomic E-state index is 13.2. The summed E-state index contributed by atoms with van der Waals surface area (Å²) in [5.74, 6) is -0.0694. The van der Waals surface area contributed by atoms with E-state index < -0.39 is 0 Å². The SMILES string of the molecule is Cc1cc(F)cc(C(=O)NCC2CCCNC2)c1. The van der Waals surface area contributed by atoms with Crippen LogP contribution in [0, 0.1) is 18.7 Å². The minimum atomic E-state index is -0.362. The van der Waals surface area contributed by atoms with E-state index in [2.05, 4.69) is 10.6 Å². The van der Waals surface area contributed by atoms with Crippen molar-refractivity contribution in [3.63, 3.8) is 0 Å². The quantitative estimate of drug-likeness (QED) is 0.859. The lowest BCUT2D eigenvalue weighted by molar-refractivity contribution is 0.0944. The number of aryl methyl sites for hydroxylation is 1. The fourth-order valence-corrected chi connectivity index (χ4v) is 2.30. The number of hydrogen-bond acceptors (Lipinski definition) is 2. The number of piperidine rings is 1. The predicted molar refractivity (Wildman–Crippen MR) is 69.1 cm³/mol. The third kappa shape index (κ3) is 3.53.